The maximum Gasteiger partial charge on any atom is 0.243 e. The lowest BCUT2D eigenvalue weighted by molar-refractivity contribution is 0.132. The van der Waals surface area contributed by atoms with E-state index in [2.05, 4.69) is 0 Å². The fraction of sp³-hybridized carbons (Fsp3) is 0.455. The third-order valence-corrected chi connectivity index (χ3v) is 9.67. The van der Waals surface area contributed by atoms with Crippen LogP contribution in [0.4, 0.5) is 0 Å². The first-order chi connectivity index (χ1) is 15.9. The second kappa shape index (κ2) is 9.61. The quantitative estimate of drug-likeness (QED) is 0.527. The molecule has 12 heteroatoms. The van der Waals surface area contributed by atoms with Crippen LogP contribution in [0.3, 0.4) is 0 Å². The number of piperazine rings is 1. The van der Waals surface area contributed by atoms with Crippen molar-refractivity contribution in [2.75, 3.05) is 48.1 Å². The van der Waals surface area contributed by atoms with E-state index in [1.54, 1.807) is 13.8 Å². The number of hydrogen-bond acceptors (Lipinski definition) is 8. The molecule has 10 nitrogen and oxygen atoms in total. The van der Waals surface area contributed by atoms with Gasteiger partial charge in [-0.05, 0) is 38.1 Å². The van der Waals surface area contributed by atoms with E-state index in [-0.39, 0.29) is 40.9 Å². The Labute approximate surface area is 201 Å². The molecule has 0 radical (unpaired) electrons. The number of benzene rings is 2. The molecule has 0 aromatic heterocycles. The first-order valence-corrected chi connectivity index (χ1v) is 13.3. The second-order valence-electron chi connectivity index (χ2n) is 8.26. The van der Waals surface area contributed by atoms with Gasteiger partial charge in [-0.3, -0.25) is 0 Å². The molecule has 34 heavy (non-hydrogen) atoms. The van der Waals surface area contributed by atoms with Gasteiger partial charge < -0.3 is 18.9 Å². The standard InChI is InChI=1S/C22H30N2O8S2/c1-22(2)15-23(33(25,26)16-7-9-18(29-3)20(13-16)31-5)11-12-24(22)34(27,28)17-8-10-19(30-4)21(14-17)32-6/h7-10,13-14H,11-12,15H2,1-6H3. The van der Waals surface area contributed by atoms with Crippen LogP contribution in [-0.2, 0) is 20.0 Å². The number of sulfonamides is 2. The van der Waals surface area contributed by atoms with Crippen molar-refractivity contribution in [2.24, 2.45) is 0 Å². The van der Waals surface area contributed by atoms with Crippen LogP contribution in [-0.4, -0.2) is 79.1 Å². The predicted molar refractivity (Wildman–Crippen MR) is 126 cm³/mol. The predicted octanol–water partition coefficient (Wildman–Crippen LogP) is 2.19. The Morgan fingerprint density at radius 3 is 1.53 bits per heavy atom. The highest BCUT2D eigenvalue weighted by molar-refractivity contribution is 7.89. The van der Waals surface area contributed by atoms with Gasteiger partial charge in [-0.1, -0.05) is 0 Å². The number of hydrogen-bond donors (Lipinski definition) is 0. The molecule has 0 saturated carbocycles. The molecule has 3 rings (SSSR count). The maximum absolute atomic E-state index is 13.5. The van der Waals surface area contributed by atoms with Crippen molar-refractivity contribution in [1.29, 1.82) is 0 Å². The molecule has 1 aliphatic heterocycles. The van der Waals surface area contributed by atoms with Crippen molar-refractivity contribution in [3.8, 4) is 23.0 Å². The molecule has 1 saturated heterocycles. The van der Waals surface area contributed by atoms with E-state index in [1.165, 1.54) is 73.4 Å². The van der Waals surface area contributed by atoms with Crippen LogP contribution in [0.1, 0.15) is 13.8 Å². The van der Waals surface area contributed by atoms with Crippen LogP contribution >= 0.6 is 0 Å². The van der Waals surface area contributed by atoms with Gasteiger partial charge in [-0.2, -0.15) is 8.61 Å². The van der Waals surface area contributed by atoms with Gasteiger partial charge in [0.25, 0.3) is 0 Å². The molecule has 2 aromatic carbocycles. The number of rotatable bonds is 8. The maximum atomic E-state index is 13.5. The van der Waals surface area contributed by atoms with Crippen LogP contribution in [0.5, 0.6) is 23.0 Å². The lowest BCUT2D eigenvalue weighted by atomic mass is 10.0. The second-order valence-corrected chi connectivity index (χ2v) is 12.1. The molecule has 188 valence electrons. The van der Waals surface area contributed by atoms with Crippen molar-refractivity contribution in [3.05, 3.63) is 36.4 Å². The summed E-state index contributed by atoms with van der Waals surface area (Å²) >= 11 is 0. The SMILES string of the molecule is COc1ccc(S(=O)(=O)N2CCN(S(=O)(=O)c3ccc(OC)c(OC)c3)C(C)(C)C2)cc1OC. The summed E-state index contributed by atoms with van der Waals surface area (Å²) in [5, 5.41) is 0. The van der Waals surface area contributed by atoms with Gasteiger partial charge in [0.05, 0.1) is 38.2 Å². The largest absolute Gasteiger partial charge is 0.493 e. The van der Waals surface area contributed by atoms with Gasteiger partial charge >= 0.3 is 0 Å². The summed E-state index contributed by atoms with van der Waals surface area (Å²) in [6.07, 6.45) is 0. The Morgan fingerprint density at radius 1 is 0.676 bits per heavy atom. The van der Waals surface area contributed by atoms with Gasteiger partial charge in [0.2, 0.25) is 20.0 Å². The molecule has 0 N–H and O–H groups in total. The monoisotopic (exact) mass is 514 g/mol. The molecule has 0 amide bonds. The summed E-state index contributed by atoms with van der Waals surface area (Å²) in [5.41, 5.74) is -1.02. The summed E-state index contributed by atoms with van der Waals surface area (Å²) in [6.45, 7) is 3.34. The summed E-state index contributed by atoms with van der Waals surface area (Å²) in [4.78, 5) is 0.0755. The lowest BCUT2D eigenvalue weighted by Gasteiger charge is -2.45. The summed E-state index contributed by atoms with van der Waals surface area (Å²) < 4.78 is 77.1. The highest BCUT2D eigenvalue weighted by Crippen LogP contribution is 2.36. The van der Waals surface area contributed by atoms with E-state index < -0.39 is 25.6 Å². The van der Waals surface area contributed by atoms with Crippen LogP contribution in [0.25, 0.3) is 0 Å². The van der Waals surface area contributed by atoms with Crippen molar-refractivity contribution >= 4 is 20.0 Å². The zero-order chi connectivity index (χ0) is 25.3. The molecule has 1 aliphatic rings. The fourth-order valence-corrected chi connectivity index (χ4v) is 7.36. The minimum absolute atomic E-state index is 0.00731. The Morgan fingerprint density at radius 2 is 1.12 bits per heavy atom. The van der Waals surface area contributed by atoms with E-state index in [4.69, 9.17) is 18.9 Å². The molecule has 1 fully saturated rings. The molecule has 0 spiro atoms. The number of ether oxygens (including phenoxy) is 4. The smallest absolute Gasteiger partial charge is 0.243 e. The first kappa shape index (κ1) is 26.1. The van der Waals surface area contributed by atoms with E-state index in [9.17, 15) is 16.8 Å². The Kier molecular flexibility index (Phi) is 7.37. The highest BCUT2D eigenvalue weighted by Gasteiger charge is 2.45. The first-order valence-electron chi connectivity index (χ1n) is 10.4. The summed E-state index contributed by atoms with van der Waals surface area (Å²) in [5.74, 6) is 1.40. The van der Waals surface area contributed by atoms with Gasteiger partial charge in [-0.25, -0.2) is 16.8 Å². The van der Waals surface area contributed by atoms with Gasteiger partial charge in [-0.15, -0.1) is 0 Å². The Bertz CT molecular complexity index is 1260. The zero-order valence-corrected chi connectivity index (χ0v) is 21.7. The van der Waals surface area contributed by atoms with E-state index in [0.29, 0.717) is 11.5 Å². The minimum Gasteiger partial charge on any atom is -0.493 e. The number of methoxy groups -OCH3 is 4. The zero-order valence-electron chi connectivity index (χ0n) is 20.1. The fourth-order valence-electron chi connectivity index (χ4n) is 3.98. The normalized spacial score (nSPS) is 17.2. The summed E-state index contributed by atoms with van der Waals surface area (Å²) in [7, 11) is -2.06. The third-order valence-electron chi connectivity index (χ3n) is 5.73. The molecule has 0 bridgehead atoms. The molecule has 0 aliphatic carbocycles. The Balaban J connectivity index is 1.91. The minimum atomic E-state index is -3.94. The van der Waals surface area contributed by atoms with E-state index in [1.807, 2.05) is 0 Å². The molecule has 0 unspecified atom stereocenters. The summed E-state index contributed by atoms with van der Waals surface area (Å²) in [6, 6.07) is 8.73. The van der Waals surface area contributed by atoms with Gasteiger partial charge in [0.1, 0.15) is 0 Å². The van der Waals surface area contributed by atoms with Crippen LogP contribution in [0.2, 0.25) is 0 Å². The van der Waals surface area contributed by atoms with E-state index >= 15 is 0 Å². The topological polar surface area (TPSA) is 112 Å². The van der Waals surface area contributed by atoms with Crippen LogP contribution < -0.4 is 18.9 Å². The highest BCUT2D eigenvalue weighted by atomic mass is 32.2. The van der Waals surface area contributed by atoms with Crippen molar-refractivity contribution in [1.82, 2.24) is 8.61 Å². The van der Waals surface area contributed by atoms with E-state index in [0.717, 1.165) is 0 Å². The number of nitrogens with zero attached hydrogens (tertiary/aromatic N) is 2. The molecule has 0 atom stereocenters. The van der Waals surface area contributed by atoms with Gasteiger partial charge in [0, 0.05) is 37.3 Å². The molecular weight excluding hydrogens is 484 g/mol. The van der Waals surface area contributed by atoms with Gasteiger partial charge in [0.15, 0.2) is 23.0 Å². The Hall–Kier alpha value is -2.54. The van der Waals surface area contributed by atoms with Crippen molar-refractivity contribution in [3.63, 3.8) is 0 Å². The average molecular weight is 515 g/mol. The van der Waals surface area contributed by atoms with Crippen LogP contribution in [0, 0.1) is 0 Å². The van der Waals surface area contributed by atoms with Crippen molar-refractivity contribution in [2.45, 2.75) is 29.2 Å². The lowest BCUT2D eigenvalue weighted by Crippen LogP contribution is -2.61. The molecule has 1 heterocycles. The third kappa shape index (κ3) is 4.67. The average Bonchev–Trinajstić information content (AvgIpc) is 2.81. The molecular formula is C22H30N2O8S2. The molecule has 2 aromatic rings. The van der Waals surface area contributed by atoms with Crippen LogP contribution in [0.15, 0.2) is 46.2 Å². The van der Waals surface area contributed by atoms with Crippen molar-refractivity contribution < 1.29 is 35.8 Å².